The Kier molecular flexibility index (Phi) is 5.97. The van der Waals surface area contributed by atoms with Gasteiger partial charge in [-0.05, 0) is 26.7 Å². The molecule has 5 nitrogen and oxygen atoms in total. The first-order valence-electron chi connectivity index (χ1n) is 6.91. The van der Waals surface area contributed by atoms with Crippen molar-refractivity contribution >= 4 is 23.8 Å². The van der Waals surface area contributed by atoms with Crippen molar-refractivity contribution in [2.75, 3.05) is 12.3 Å². The summed E-state index contributed by atoms with van der Waals surface area (Å²) in [5.74, 6) is -0.422. The second-order valence-electron chi connectivity index (χ2n) is 4.78. The van der Waals surface area contributed by atoms with Crippen LogP contribution in [0.4, 0.5) is 4.79 Å². The van der Waals surface area contributed by atoms with Crippen LogP contribution in [0.25, 0.3) is 0 Å². The van der Waals surface area contributed by atoms with Gasteiger partial charge in [0.25, 0.3) is 0 Å². The summed E-state index contributed by atoms with van der Waals surface area (Å²) in [6, 6.07) is -0.697. The van der Waals surface area contributed by atoms with Crippen molar-refractivity contribution in [3.8, 4) is 0 Å². The van der Waals surface area contributed by atoms with Crippen LogP contribution in [0.2, 0.25) is 0 Å². The lowest BCUT2D eigenvalue weighted by Gasteiger charge is -2.35. The van der Waals surface area contributed by atoms with E-state index in [9.17, 15) is 14.7 Å². The summed E-state index contributed by atoms with van der Waals surface area (Å²) in [5.41, 5.74) is 0. The van der Waals surface area contributed by atoms with Gasteiger partial charge in [0.15, 0.2) is 0 Å². The van der Waals surface area contributed by atoms with E-state index in [1.807, 2.05) is 27.7 Å². The molecule has 0 bridgehead atoms. The molecule has 0 aromatic rings. The van der Waals surface area contributed by atoms with Crippen LogP contribution in [0, 0.1) is 0 Å². The number of urea groups is 1. The third kappa shape index (κ3) is 3.35. The van der Waals surface area contributed by atoms with Crippen molar-refractivity contribution in [2.24, 2.45) is 0 Å². The number of carboxylic acid groups (broad SMARTS) is 1. The zero-order valence-electron chi connectivity index (χ0n) is 12.1. The van der Waals surface area contributed by atoms with Crippen molar-refractivity contribution < 1.29 is 14.7 Å². The SMILES string of the molecule is CCC(C)N(CC)C(=O)N1C(CC)SCC1C(=O)O. The van der Waals surface area contributed by atoms with E-state index in [0.29, 0.717) is 12.3 Å². The third-order valence-electron chi connectivity index (χ3n) is 3.66. The molecule has 0 aromatic heterocycles. The van der Waals surface area contributed by atoms with Crippen molar-refractivity contribution in [3.05, 3.63) is 0 Å². The molecule has 19 heavy (non-hydrogen) atoms. The fourth-order valence-corrected chi connectivity index (χ4v) is 3.67. The van der Waals surface area contributed by atoms with E-state index in [1.165, 1.54) is 0 Å². The van der Waals surface area contributed by atoms with Gasteiger partial charge in [0.05, 0.1) is 5.37 Å². The van der Waals surface area contributed by atoms with Crippen LogP contribution in [0.1, 0.15) is 40.5 Å². The number of hydrogen-bond acceptors (Lipinski definition) is 3. The van der Waals surface area contributed by atoms with Crippen LogP contribution in [0.15, 0.2) is 0 Å². The molecule has 6 heteroatoms. The molecule has 1 aliphatic rings. The Bertz CT molecular complexity index is 338. The zero-order chi connectivity index (χ0) is 14.6. The minimum atomic E-state index is -0.906. The van der Waals surface area contributed by atoms with Gasteiger partial charge in [0, 0.05) is 18.3 Å². The number of carbonyl (C=O) groups is 2. The molecule has 2 amide bonds. The molecule has 1 heterocycles. The minimum absolute atomic E-state index is 0.0216. The summed E-state index contributed by atoms with van der Waals surface area (Å²) in [6.45, 7) is 8.57. The smallest absolute Gasteiger partial charge is 0.327 e. The molecular formula is C13H24N2O3S. The lowest BCUT2D eigenvalue weighted by Crippen LogP contribution is -2.53. The Morgan fingerprint density at radius 3 is 2.47 bits per heavy atom. The van der Waals surface area contributed by atoms with Gasteiger partial charge in [0.1, 0.15) is 6.04 Å². The minimum Gasteiger partial charge on any atom is -0.480 e. The Hall–Kier alpha value is -0.910. The van der Waals surface area contributed by atoms with Gasteiger partial charge < -0.3 is 10.0 Å². The van der Waals surface area contributed by atoms with E-state index in [-0.39, 0.29) is 17.4 Å². The molecule has 0 aliphatic carbocycles. The number of hydrogen-bond donors (Lipinski definition) is 1. The predicted molar refractivity (Wildman–Crippen MR) is 77.3 cm³/mol. The van der Waals surface area contributed by atoms with E-state index >= 15 is 0 Å². The van der Waals surface area contributed by atoms with Gasteiger partial charge in [-0.3, -0.25) is 4.90 Å². The van der Waals surface area contributed by atoms with E-state index < -0.39 is 12.0 Å². The summed E-state index contributed by atoms with van der Waals surface area (Å²) in [6.07, 6.45) is 1.65. The van der Waals surface area contributed by atoms with Crippen molar-refractivity contribution in [2.45, 2.75) is 58.0 Å². The van der Waals surface area contributed by atoms with Crippen molar-refractivity contribution in [1.29, 1.82) is 0 Å². The van der Waals surface area contributed by atoms with Gasteiger partial charge in [-0.2, -0.15) is 0 Å². The molecule has 0 aromatic carbocycles. The fourth-order valence-electron chi connectivity index (χ4n) is 2.33. The van der Waals surface area contributed by atoms with Crippen LogP contribution in [0.3, 0.4) is 0 Å². The Balaban J connectivity index is 2.94. The standard InChI is InChI=1S/C13H24N2O3S/c1-5-9(4)14(7-3)13(18)15-10(12(16)17)8-19-11(15)6-2/h9-11H,5-8H2,1-4H3,(H,16,17). The first kappa shape index (κ1) is 16.1. The molecule has 1 fully saturated rings. The topological polar surface area (TPSA) is 60.9 Å². The van der Waals surface area contributed by atoms with Crippen LogP contribution in [-0.4, -0.2) is 56.7 Å². The number of nitrogens with zero attached hydrogens (tertiary/aromatic N) is 2. The Labute approximate surface area is 119 Å². The summed E-state index contributed by atoms with van der Waals surface area (Å²) >= 11 is 1.56. The summed E-state index contributed by atoms with van der Waals surface area (Å²) in [4.78, 5) is 27.3. The molecule has 1 aliphatic heterocycles. The summed E-state index contributed by atoms with van der Waals surface area (Å²) in [5, 5.41) is 9.25. The maximum Gasteiger partial charge on any atom is 0.327 e. The van der Waals surface area contributed by atoms with Crippen LogP contribution in [0.5, 0.6) is 0 Å². The largest absolute Gasteiger partial charge is 0.480 e. The highest BCUT2D eigenvalue weighted by Crippen LogP contribution is 2.32. The molecule has 1 N–H and O–H groups in total. The maximum absolute atomic E-state index is 12.6. The molecule has 0 spiro atoms. The first-order chi connectivity index (χ1) is 8.97. The monoisotopic (exact) mass is 288 g/mol. The van der Waals surface area contributed by atoms with E-state index in [0.717, 1.165) is 12.8 Å². The maximum atomic E-state index is 12.6. The fraction of sp³-hybridized carbons (Fsp3) is 0.846. The first-order valence-corrected chi connectivity index (χ1v) is 7.96. The predicted octanol–water partition coefficient (Wildman–Crippen LogP) is 2.46. The van der Waals surface area contributed by atoms with E-state index in [2.05, 4.69) is 0 Å². The van der Waals surface area contributed by atoms with Gasteiger partial charge in [-0.15, -0.1) is 11.8 Å². The van der Waals surface area contributed by atoms with Crippen LogP contribution in [-0.2, 0) is 4.79 Å². The van der Waals surface area contributed by atoms with Gasteiger partial charge in [0.2, 0.25) is 0 Å². The van der Waals surface area contributed by atoms with E-state index in [1.54, 1.807) is 21.6 Å². The van der Waals surface area contributed by atoms with Gasteiger partial charge in [-0.25, -0.2) is 9.59 Å². The number of carboxylic acids is 1. The highest BCUT2D eigenvalue weighted by molar-refractivity contribution is 8.00. The average Bonchev–Trinajstić information content (AvgIpc) is 2.82. The summed E-state index contributed by atoms with van der Waals surface area (Å²) in [7, 11) is 0. The van der Waals surface area contributed by atoms with Crippen molar-refractivity contribution in [1.82, 2.24) is 9.80 Å². The summed E-state index contributed by atoms with van der Waals surface area (Å²) < 4.78 is 0. The number of amides is 2. The zero-order valence-corrected chi connectivity index (χ0v) is 12.9. The van der Waals surface area contributed by atoms with Crippen molar-refractivity contribution in [3.63, 3.8) is 0 Å². The second kappa shape index (κ2) is 7.03. The number of rotatable bonds is 5. The molecule has 0 radical (unpaired) electrons. The molecule has 0 saturated carbocycles. The van der Waals surface area contributed by atoms with Gasteiger partial charge >= 0.3 is 12.0 Å². The number of aliphatic carboxylic acids is 1. The molecule has 1 rings (SSSR count). The Morgan fingerprint density at radius 1 is 1.42 bits per heavy atom. The average molecular weight is 288 g/mol. The lowest BCUT2D eigenvalue weighted by molar-refractivity contribution is -0.141. The Morgan fingerprint density at radius 2 is 2.05 bits per heavy atom. The molecule has 3 unspecified atom stereocenters. The highest BCUT2D eigenvalue weighted by atomic mass is 32.2. The van der Waals surface area contributed by atoms with Crippen LogP contribution >= 0.6 is 11.8 Å². The third-order valence-corrected chi connectivity index (χ3v) is 5.11. The van der Waals surface area contributed by atoms with Gasteiger partial charge in [-0.1, -0.05) is 13.8 Å². The highest BCUT2D eigenvalue weighted by Gasteiger charge is 2.42. The molecule has 3 atom stereocenters. The molecule has 1 saturated heterocycles. The number of carbonyl (C=O) groups excluding carboxylic acids is 1. The van der Waals surface area contributed by atoms with Crippen LogP contribution < -0.4 is 0 Å². The quantitative estimate of drug-likeness (QED) is 0.844. The molecule has 110 valence electrons. The normalized spacial score (nSPS) is 24.3. The van der Waals surface area contributed by atoms with E-state index in [4.69, 9.17) is 0 Å². The molecular weight excluding hydrogens is 264 g/mol. The lowest BCUT2D eigenvalue weighted by atomic mass is 10.2. The second-order valence-corrected chi connectivity index (χ2v) is 5.99. The number of thioether (sulfide) groups is 1.